The molecule has 0 radical (unpaired) electrons. The summed E-state index contributed by atoms with van der Waals surface area (Å²) in [5, 5.41) is 8.38. The maximum absolute atomic E-state index is 5.89. The summed E-state index contributed by atoms with van der Waals surface area (Å²) in [5.41, 5.74) is 2.23. The molecule has 0 aliphatic rings. The minimum Gasteiger partial charge on any atom is -0.357 e. The number of nitrogens with zero attached hydrogens (tertiary/aromatic N) is 2. The Labute approximate surface area is 140 Å². The molecule has 1 aromatic heterocycles. The van der Waals surface area contributed by atoms with E-state index >= 15 is 0 Å². The summed E-state index contributed by atoms with van der Waals surface area (Å²) >= 11 is 7.61. The van der Waals surface area contributed by atoms with Gasteiger partial charge in [0, 0.05) is 16.4 Å². The number of rotatable bonds is 5. The van der Waals surface area contributed by atoms with Crippen molar-refractivity contribution in [2.75, 3.05) is 6.54 Å². The molecule has 0 atom stereocenters. The quantitative estimate of drug-likeness (QED) is 0.647. The molecule has 0 aliphatic heterocycles. The molecule has 0 saturated heterocycles. The van der Waals surface area contributed by atoms with Crippen LogP contribution in [0.5, 0.6) is 0 Å². The Balaban J connectivity index is 1.96. The second kappa shape index (κ2) is 8.15. The van der Waals surface area contributed by atoms with Gasteiger partial charge in [-0.2, -0.15) is 0 Å². The summed E-state index contributed by atoms with van der Waals surface area (Å²) in [5.74, 6) is 0.794. The summed E-state index contributed by atoms with van der Waals surface area (Å²) in [6.45, 7) is 8.30. The van der Waals surface area contributed by atoms with Gasteiger partial charge in [-0.15, -0.1) is 11.3 Å². The molecule has 4 nitrogen and oxygen atoms in total. The van der Waals surface area contributed by atoms with Crippen LogP contribution in [0.3, 0.4) is 0 Å². The molecule has 1 heterocycles. The molecule has 2 N–H and O–H groups in total. The van der Waals surface area contributed by atoms with Crippen LogP contribution >= 0.6 is 22.9 Å². The van der Waals surface area contributed by atoms with Crippen molar-refractivity contribution in [2.45, 2.75) is 33.9 Å². The molecular formula is C16H21ClN4S. The molecule has 2 rings (SSSR count). The molecule has 6 heteroatoms. The van der Waals surface area contributed by atoms with E-state index in [1.165, 1.54) is 4.88 Å². The minimum absolute atomic E-state index is 0.614. The van der Waals surface area contributed by atoms with E-state index in [-0.39, 0.29) is 0 Å². The lowest BCUT2D eigenvalue weighted by atomic mass is 10.2. The fraction of sp³-hybridized carbons (Fsp3) is 0.375. The van der Waals surface area contributed by atoms with Gasteiger partial charge in [-0.1, -0.05) is 23.7 Å². The third-order valence-electron chi connectivity index (χ3n) is 3.16. The molecule has 0 unspecified atom stereocenters. The number of benzene rings is 1. The Morgan fingerprint density at radius 1 is 1.23 bits per heavy atom. The first-order valence-corrected chi connectivity index (χ1v) is 8.47. The molecule has 0 amide bonds. The molecule has 0 bridgehead atoms. The van der Waals surface area contributed by atoms with Crippen molar-refractivity contribution in [1.82, 2.24) is 15.6 Å². The van der Waals surface area contributed by atoms with Crippen molar-refractivity contribution in [1.29, 1.82) is 0 Å². The largest absolute Gasteiger partial charge is 0.357 e. The summed E-state index contributed by atoms with van der Waals surface area (Å²) in [6.07, 6.45) is 0. The van der Waals surface area contributed by atoms with Gasteiger partial charge >= 0.3 is 0 Å². The summed E-state index contributed by atoms with van der Waals surface area (Å²) in [6, 6.07) is 7.74. The second-order valence-corrected chi connectivity index (χ2v) is 6.65. The monoisotopic (exact) mass is 336 g/mol. The van der Waals surface area contributed by atoms with Crippen molar-refractivity contribution in [2.24, 2.45) is 4.99 Å². The van der Waals surface area contributed by atoms with Crippen molar-refractivity contribution in [3.63, 3.8) is 0 Å². The third-order valence-corrected chi connectivity index (χ3v) is 4.48. The summed E-state index contributed by atoms with van der Waals surface area (Å²) in [7, 11) is 0. The standard InChI is InChI=1S/C16H21ClN4S/c1-4-18-16(19-9-13-5-7-14(17)8-6-13)20-10-15-21-11(2)12(3)22-15/h5-8H,4,9-10H2,1-3H3,(H2,18,19,20). The lowest BCUT2D eigenvalue weighted by molar-refractivity contribution is 0.809. The molecule has 2 aromatic rings. The number of nitrogens with one attached hydrogen (secondary N) is 2. The van der Waals surface area contributed by atoms with Crippen LogP contribution in [0.15, 0.2) is 29.3 Å². The molecule has 118 valence electrons. The second-order valence-electron chi connectivity index (χ2n) is 4.92. The van der Waals surface area contributed by atoms with Gasteiger partial charge in [-0.3, -0.25) is 0 Å². The van der Waals surface area contributed by atoms with Crippen LogP contribution in [0.1, 0.15) is 28.1 Å². The number of guanidine groups is 1. The van der Waals surface area contributed by atoms with E-state index < -0.39 is 0 Å². The first-order chi connectivity index (χ1) is 10.6. The highest BCUT2D eigenvalue weighted by atomic mass is 35.5. The van der Waals surface area contributed by atoms with Crippen LogP contribution < -0.4 is 10.6 Å². The lowest BCUT2D eigenvalue weighted by Gasteiger charge is -2.10. The zero-order valence-electron chi connectivity index (χ0n) is 13.1. The molecule has 0 aliphatic carbocycles. The van der Waals surface area contributed by atoms with E-state index in [0.717, 1.165) is 33.8 Å². The number of aliphatic imine (C=N–C) groups is 1. The Morgan fingerprint density at radius 2 is 1.95 bits per heavy atom. The average Bonchev–Trinajstić information content (AvgIpc) is 2.82. The first kappa shape index (κ1) is 16.8. The molecule has 0 spiro atoms. The number of hydrogen-bond acceptors (Lipinski definition) is 3. The zero-order chi connectivity index (χ0) is 15.9. The molecule has 0 fully saturated rings. The van der Waals surface area contributed by atoms with E-state index in [0.29, 0.717) is 13.1 Å². The fourth-order valence-corrected chi connectivity index (χ4v) is 2.88. The normalized spacial score (nSPS) is 11.5. The maximum Gasteiger partial charge on any atom is 0.191 e. The van der Waals surface area contributed by atoms with E-state index in [1.54, 1.807) is 11.3 Å². The fourth-order valence-electron chi connectivity index (χ4n) is 1.88. The van der Waals surface area contributed by atoms with Crippen LogP contribution in [-0.2, 0) is 13.1 Å². The van der Waals surface area contributed by atoms with Crippen LogP contribution in [0.4, 0.5) is 0 Å². The SMILES string of the molecule is CCNC(=NCc1ccc(Cl)cc1)NCc1nc(C)c(C)s1. The lowest BCUT2D eigenvalue weighted by Crippen LogP contribution is -2.36. The highest BCUT2D eigenvalue weighted by Crippen LogP contribution is 2.16. The Morgan fingerprint density at radius 3 is 2.55 bits per heavy atom. The van der Waals surface area contributed by atoms with Crippen LogP contribution in [0, 0.1) is 13.8 Å². The van der Waals surface area contributed by atoms with Crippen molar-refractivity contribution in [3.05, 3.63) is 50.4 Å². The highest BCUT2D eigenvalue weighted by molar-refractivity contribution is 7.11. The average molecular weight is 337 g/mol. The predicted molar refractivity (Wildman–Crippen MR) is 94.7 cm³/mol. The topological polar surface area (TPSA) is 49.3 Å². The Hall–Kier alpha value is -1.59. The zero-order valence-corrected chi connectivity index (χ0v) is 14.7. The Bertz CT molecular complexity index is 615. The highest BCUT2D eigenvalue weighted by Gasteiger charge is 2.04. The molecule has 22 heavy (non-hydrogen) atoms. The molecule has 1 aromatic carbocycles. The smallest absolute Gasteiger partial charge is 0.191 e. The summed E-state index contributed by atoms with van der Waals surface area (Å²) < 4.78 is 0. The van der Waals surface area contributed by atoms with Gasteiger partial charge in [-0.25, -0.2) is 9.98 Å². The van der Waals surface area contributed by atoms with Gasteiger partial charge in [0.25, 0.3) is 0 Å². The van der Waals surface area contributed by atoms with Crippen molar-refractivity contribution < 1.29 is 0 Å². The van der Waals surface area contributed by atoms with Crippen LogP contribution in [0.25, 0.3) is 0 Å². The summed E-state index contributed by atoms with van der Waals surface area (Å²) in [4.78, 5) is 10.4. The number of thiazole rings is 1. The molecular weight excluding hydrogens is 316 g/mol. The molecule has 0 saturated carbocycles. The Kier molecular flexibility index (Phi) is 6.21. The van der Waals surface area contributed by atoms with Gasteiger partial charge < -0.3 is 10.6 Å². The number of aromatic nitrogens is 1. The van der Waals surface area contributed by atoms with Gasteiger partial charge in [-0.05, 0) is 38.5 Å². The van der Waals surface area contributed by atoms with Gasteiger partial charge in [0.2, 0.25) is 0 Å². The van der Waals surface area contributed by atoms with E-state index in [4.69, 9.17) is 11.6 Å². The number of hydrogen-bond donors (Lipinski definition) is 2. The van der Waals surface area contributed by atoms with E-state index in [9.17, 15) is 0 Å². The minimum atomic E-state index is 0.614. The van der Waals surface area contributed by atoms with Crippen molar-refractivity contribution in [3.8, 4) is 0 Å². The van der Waals surface area contributed by atoms with Gasteiger partial charge in [0.1, 0.15) is 5.01 Å². The van der Waals surface area contributed by atoms with E-state index in [2.05, 4.69) is 34.5 Å². The predicted octanol–water partition coefficient (Wildman–Crippen LogP) is 3.67. The first-order valence-electron chi connectivity index (χ1n) is 7.28. The van der Waals surface area contributed by atoms with Crippen LogP contribution in [0.2, 0.25) is 5.02 Å². The van der Waals surface area contributed by atoms with Gasteiger partial charge in [0.15, 0.2) is 5.96 Å². The number of halogens is 1. The maximum atomic E-state index is 5.89. The van der Waals surface area contributed by atoms with Crippen molar-refractivity contribution >= 4 is 28.9 Å². The number of aryl methyl sites for hydroxylation is 2. The van der Waals surface area contributed by atoms with Crippen LogP contribution in [-0.4, -0.2) is 17.5 Å². The van der Waals surface area contributed by atoms with Gasteiger partial charge in [0.05, 0.1) is 18.8 Å². The third kappa shape index (κ3) is 5.00. The van der Waals surface area contributed by atoms with E-state index in [1.807, 2.05) is 31.2 Å².